The van der Waals surface area contributed by atoms with Gasteiger partial charge in [0, 0.05) is 44.5 Å². The lowest BCUT2D eigenvalue weighted by Gasteiger charge is -2.35. The first-order valence-corrected chi connectivity index (χ1v) is 11.3. The number of rotatable bonds is 4. The first kappa shape index (κ1) is 25.3. The number of nitrogens with zero attached hydrogens (tertiary/aromatic N) is 4. The minimum atomic E-state index is -4.91. The van der Waals surface area contributed by atoms with Crippen molar-refractivity contribution in [1.29, 1.82) is 0 Å². The molecule has 2 aliphatic heterocycles. The number of hydrogen-bond acceptors (Lipinski definition) is 3. The smallest absolute Gasteiger partial charge is 0.327 e. The van der Waals surface area contributed by atoms with E-state index in [0.29, 0.717) is 24.1 Å². The fourth-order valence-electron chi connectivity index (χ4n) is 4.66. The van der Waals surface area contributed by atoms with Gasteiger partial charge in [-0.15, -0.1) is 0 Å². The van der Waals surface area contributed by atoms with Gasteiger partial charge in [0.25, 0.3) is 5.91 Å². The Hall–Kier alpha value is -4.35. The minimum absolute atomic E-state index is 0.0637. The van der Waals surface area contributed by atoms with Gasteiger partial charge in [-0.05, 0) is 60.0 Å². The molecule has 3 aromatic rings. The van der Waals surface area contributed by atoms with Gasteiger partial charge < -0.3 is 10.6 Å². The van der Waals surface area contributed by atoms with E-state index in [0.717, 1.165) is 12.1 Å². The lowest BCUT2D eigenvalue weighted by atomic mass is 9.91. The number of alkyl halides is 3. The Balaban J connectivity index is 1.70. The van der Waals surface area contributed by atoms with E-state index >= 15 is 0 Å². The molecule has 0 saturated carbocycles. The molecule has 194 valence electrons. The van der Waals surface area contributed by atoms with Crippen molar-refractivity contribution < 1.29 is 31.5 Å². The van der Waals surface area contributed by atoms with E-state index in [9.17, 15) is 31.5 Å². The molecule has 0 fully saturated rings. The number of urea groups is 1. The van der Waals surface area contributed by atoms with E-state index in [1.165, 1.54) is 17.0 Å². The average molecular weight is 549 g/mol. The van der Waals surface area contributed by atoms with Gasteiger partial charge in [0.15, 0.2) is 0 Å². The molecule has 3 amide bonds. The SMILES string of the molecule is [N-]=[N+]=Nc1cc(NC(=O)c2cc(F)cc(C(F)(F)F)c2)c2c3c1CCN3C(=O)NC2c1cc(F)ccc1Cl. The molecular weight excluding hydrogens is 535 g/mol. The maximum atomic E-state index is 14.2. The Bertz CT molecular complexity index is 1570. The summed E-state index contributed by atoms with van der Waals surface area (Å²) >= 11 is 6.31. The lowest BCUT2D eigenvalue weighted by Crippen LogP contribution is -2.46. The molecule has 0 saturated heterocycles. The van der Waals surface area contributed by atoms with Crippen molar-refractivity contribution >= 4 is 40.6 Å². The largest absolute Gasteiger partial charge is 0.416 e. The lowest BCUT2D eigenvalue weighted by molar-refractivity contribution is -0.137. The third-order valence-corrected chi connectivity index (χ3v) is 6.58. The van der Waals surface area contributed by atoms with Gasteiger partial charge in [0.1, 0.15) is 11.6 Å². The number of nitrogens with one attached hydrogen (secondary N) is 2. The maximum absolute atomic E-state index is 14.2. The Kier molecular flexibility index (Phi) is 6.12. The molecule has 0 aromatic heterocycles. The Morgan fingerprint density at radius 2 is 1.92 bits per heavy atom. The number of carbonyl (C=O) groups is 2. The minimum Gasteiger partial charge on any atom is -0.327 e. The molecular formula is C24H14ClF5N6O2. The summed E-state index contributed by atoms with van der Waals surface area (Å²) in [7, 11) is 0. The van der Waals surface area contributed by atoms with Crippen molar-refractivity contribution in [3.05, 3.63) is 97.4 Å². The Morgan fingerprint density at radius 3 is 2.63 bits per heavy atom. The standard InChI is InChI=1S/C24H14ClF5N6O2/c25-16-2-1-12(26)8-15(16)20-19-18(32-22(37)10-5-11(24(28,29)30)7-13(27)6-10)9-17(34-35-31)14-3-4-36(21(14)19)23(38)33-20/h1-2,5-9,20H,3-4H2,(H,32,37)(H,33,38). The van der Waals surface area contributed by atoms with Crippen molar-refractivity contribution in [2.24, 2.45) is 5.11 Å². The Morgan fingerprint density at radius 1 is 1.16 bits per heavy atom. The van der Waals surface area contributed by atoms with Crippen LogP contribution < -0.4 is 15.5 Å². The predicted octanol–water partition coefficient (Wildman–Crippen LogP) is 7.01. The molecule has 1 atom stereocenters. The van der Waals surface area contributed by atoms with Crippen LogP contribution in [0.1, 0.15) is 38.7 Å². The normalized spacial score (nSPS) is 16.0. The van der Waals surface area contributed by atoms with Crippen LogP contribution in [-0.2, 0) is 12.6 Å². The van der Waals surface area contributed by atoms with Crippen LogP contribution in [0.5, 0.6) is 0 Å². The highest BCUT2D eigenvalue weighted by Crippen LogP contribution is 2.50. The number of carbonyl (C=O) groups excluding carboxylic acids is 2. The second-order valence-electron chi connectivity index (χ2n) is 8.50. The van der Waals surface area contributed by atoms with Crippen molar-refractivity contribution in [3.8, 4) is 0 Å². The third kappa shape index (κ3) is 4.35. The first-order chi connectivity index (χ1) is 18.0. The molecule has 5 rings (SSSR count). The monoisotopic (exact) mass is 548 g/mol. The molecule has 2 heterocycles. The van der Waals surface area contributed by atoms with Gasteiger partial charge in [-0.3, -0.25) is 9.69 Å². The van der Waals surface area contributed by atoms with Crippen molar-refractivity contribution in [2.45, 2.75) is 18.6 Å². The van der Waals surface area contributed by atoms with Crippen LogP contribution in [0.2, 0.25) is 5.02 Å². The van der Waals surface area contributed by atoms with Crippen LogP contribution in [-0.4, -0.2) is 18.5 Å². The van der Waals surface area contributed by atoms with E-state index in [-0.39, 0.29) is 45.8 Å². The van der Waals surface area contributed by atoms with E-state index in [2.05, 4.69) is 20.7 Å². The summed E-state index contributed by atoms with van der Waals surface area (Å²) in [6.45, 7) is 0.196. The average Bonchev–Trinajstić information content (AvgIpc) is 3.30. The number of hydrogen-bond donors (Lipinski definition) is 2. The van der Waals surface area contributed by atoms with Gasteiger partial charge in [0.2, 0.25) is 0 Å². The van der Waals surface area contributed by atoms with E-state index < -0.39 is 46.9 Å². The summed E-state index contributed by atoms with van der Waals surface area (Å²) in [4.78, 5) is 30.1. The first-order valence-electron chi connectivity index (χ1n) is 10.9. The second-order valence-corrected chi connectivity index (χ2v) is 8.91. The van der Waals surface area contributed by atoms with Crippen LogP contribution in [0, 0.1) is 11.6 Å². The summed E-state index contributed by atoms with van der Waals surface area (Å²) in [5, 5.41) is 8.89. The number of benzene rings is 3. The van der Waals surface area contributed by atoms with Gasteiger partial charge in [-0.25, -0.2) is 13.6 Å². The van der Waals surface area contributed by atoms with Crippen molar-refractivity contribution in [1.82, 2.24) is 5.32 Å². The highest BCUT2D eigenvalue weighted by molar-refractivity contribution is 6.31. The summed E-state index contributed by atoms with van der Waals surface area (Å²) < 4.78 is 67.8. The van der Waals surface area contributed by atoms with E-state index in [4.69, 9.17) is 17.1 Å². The molecule has 0 spiro atoms. The number of azide groups is 1. The van der Waals surface area contributed by atoms with Gasteiger partial charge in [-0.1, -0.05) is 16.7 Å². The number of amides is 3. The number of halogens is 6. The van der Waals surface area contributed by atoms with Crippen LogP contribution in [0.25, 0.3) is 10.4 Å². The summed E-state index contributed by atoms with van der Waals surface area (Å²) in [6.07, 6.45) is -4.61. The predicted molar refractivity (Wildman–Crippen MR) is 127 cm³/mol. The molecule has 2 aliphatic rings. The fourth-order valence-corrected chi connectivity index (χ4v) is 4.89. The maximum Gasteiger partial charge on any atom is 0.416 e. The molecule has 0 bridgehead atoms. The zero-order valence-electron chi connectivity index (χ0n) is 18.9. The molecule has 0 radical (unpaired) electrons. The quantitative estimate of drug-likeness (QED) is 0.158. The fraction of sp³-hybridized carbons (Fsp3) is 0.167. The number of anilines is 2. The summed E-state index contributed by atoms with van der Waals surface area (Å²) in [5.41, 5.74) is 8.22. The summed E-state index contributed by atoms with van der Waals surface area (Å²) in [5.74, 6) is -3.05. The molecule has 1 unspecified atom stereocenters. The van der Waals surface area contributed by atoms with Crippen LogP contribution >= 0.6 is 11.6 Å². The van der Waals surface area contributed by atoms with Crippen LogP contribution in [0.3, 0.4) is 0 Å². The zero-order chi connectivity index (χ0) is 27.4. The summed E-state index contributed by atoms with van der Waals surface area (Å²) in [6, 6.07) is 4.50. The van der Waals surface area contributed by atoms with Crippen molar-refractivity contribution in [3.63, 3.8) is 0 Å². The molecule has 14 heteroatoms. The zero-order valence-corrected chi connectivity index (χ0v) is 19.7. The van der Waals surface area contributed by atoms with Crippen LogP contribution in [0.4, 0.5) is 43.8 Å². The van der Waals surface area contributed by atoms with Crippen LogP contribution in [0.15, 0.2) is 47.6 Å². The second kappa shape index (κ2) is 9.19. The third-order valence-electron chi connectivity index (χ3n) is 6.24. The highest BCUT2D eigenvalue weighted by Gasteiger charge is 2.41. The molecule has 2 N–H and O–H groups in total. The van der Waals surface area contributed by atoms with E-state index in [1.54, 1.807) is 0 Å². The highest BCUT2D eigenvalue weighted by atomic mass is 35.5. The van der Waals surface area contributed by atoms with Crippen molar-refractivity contribution in [2.75, 3.05) is 16.8 Å². The van der Waals surface area contributed by atoms with Gasteiger partial charge >= 0.3 is 12.2 Å². The Labute approximate surface area is 215 Å². The molecule has 0 aliphatic carbocycles. The molecule has 3 aromatic carbocycles. The topological polar surface area (TPSA) is 110 Å². The molecule has 38 heavy (non-hydrogen) atoms. The van der Waals surface area contributed by atoms with E-state index in [1.807, 2.05) is 0 Å². The van der Waals surface area contributed by atoms with Gasteiger partial charge in [-0.2, -0.15) is 13.2 Å². The van der Waals surface area contributed by atoms with Gasteiger partial charge in [0.05, 0.1) is 17.3 Å². The molecule has 8 nitrogen and oxygen atoms in total.